The van der Waals surface area contributed by atoms with Crippen LogP contribution in [-0.2, 0) is 0 Å². The molecule has 3 rings (SSSR count). The minimum absolute atomic E-state index is 0.619. The molecule has 1 atom stereocenters. The maximum Gasteiger partial charge on any atom is 0.213 e. The van der Waals surface area contributed by atoms with Crippen molar-refractivity contribution < 1.29 is 4.74 Å². The highest BCUT2D eigenvalue weighted by molar-refractivity contribution is 5.84. The molecule has 0 bridgehead atoms. The number of aromatic nitrogens is 2. The second-order valence-electron chi connectivity index (χ2n) is 4.73. The second kappa shape index (κ2) is 5.36. The average Bonchev–Trinajstić information content (AvgIpc) is 2.97. The van der Waals surface area contributed by atoms with E-state index in [1.54, 1.807) is 7.11 Å². The Bertz CT molecular complexity index is 603. The number of methoxy groups -OCH3 is 1. The van der Waals surface area contributed by atoms with Crippen molar-refractivity contribution in [2.24, 2.45) is 5.92 Å². The molecular weight excluding hydrogens is 238 g/mol. The van der Waals surface area contributed by atoms with Crippen molar-refractivity contribution in [2.45, 2.75) is 6.42 Å². The number of nitrogens with zero attached hydrogens (tertiary/aromatic N) is 2. The van der Waals surface area contributed by atoms with Gasteiger partial charge in [-0.25, -0.2) is 4.98 Å². The van der Waals surface area contributed by atoms with Gasteiger partial charge in [0, 0.05) is 24.4 Å². The van der Waals surface area contributed by atoms with Crippen LogP contribution in [0.25, 0.3) is 17.1 Å². The normalized spacial score (nSPS) is 19.3. The van der Waals surface area contributed by atoms with Crippen LogP contribution < -0.4 is 10.1 Å². The SMILES string of the molecule is COc1ccc2nccc(/C=C/C3CCNC3)c2n1. The molecule has 0 aromatic carbocycles. The first-order valence-corrected chi connectivity index (χ1v) is 6.55. The number of nitrogens with one attached hydrogen (secondary N) is 1. The van der Waals surface area contributed by atoms with Crippen LogP contribution in [0.4, 0.5) is 0 Å². The van der Waals surface area contributed by atoms with E-state index in [0.29, 0.717) is 11.8 Å². The van der Waals surface area contributed by atoms with Crippen molar-refractivity contribution >= 4 is 17.1 Å². The van der Waals surface area contributed by atoms with E-state index in [2.05, 4.69) is 27.4 Å². The highest BCUT2D eigenvalue weighted by atomic mass is 16.5. The maximum atomic E-state index is 5.18. The molecule has 1 N–H and O–H groups in total. The predicted octanol–water partition coefficient (Wildman–Crippen LogP) is 2.26. The van der Waals surface area contributed by atoms with Gasteiger partial charge in [-0.3, -0.25) is 4.98 Å². The van der Waals surface area contributed by atoms with Crippen LogP contribution in [0, 0.1) is 5.92 Å². The van der Waals surface area contributed by atoms with E-state index < -0.39 is 0 Å². The number of rotatable bonds is 3. The van der Waals surface area contributed by atoms with Gasteiger partial charge < -0.3 is 10.1 Å². The lowest BCUT2D eigenvalue weighted by Gasteiger charge is -2.04. The molecule has 0 radical (unpaired) electrons. The van der Waals surface area contributed by atoms with Crippen molar-refractivity contribution in [1.82, 2.24) is 15.3 Å². The summed E-state index contributed by atoms with van der Waals surface area (Å²) in [5.74, 6) is 1.24. The Morgan fingerprint density at radius 2 is 2.32 bits per heavy atom. The lowest BCUT2D eigenvalue weighted by molar-refractivity contribution is 0.399. The molecule has 1 unspecified atom stereocenters. The largest absolute Gasteiger partial charge is 0.481 e. The van der Waals surface area contributed by atoms with Crippen molar-refractivity contribution in [3.05, 3.63) is 36.0 Å². The summed E-state index contributed by atoms with van der Waals surface area (Å²) in [5, 5.41) is 3.36. The summed E-state index contributed by atoms with van der Waals surface area (Å²) < 4.78 is 5.18. The minimum Gasteiger partial charge on any atom is -0.481 e. The summed E-state index contributed by atoms with van der Waals surface area (Å²) in [6, 6.07) is 5.77. The quantitative estimate of drug-likeness (QED) is 0.914. The standard InChI is InChI=1S/C15H17N3O/c1-19-14-5-4-13-15(18-14)12(7-9-17-13)3-2-11-6-8-16-10-11/h2-5,7,9,11,16H,6,8,10H2,1H3/b3-2+. The highest BCUT2D eigenvalue weighted by Gasteiger charge is 2.11. The lowest BCUT2D eigenvalue weighted by Crippen LogP contribution is -2.07. The van der Waals surface area contributed by atoms with E-state index in [1.807, 2.05) is 24.4 Å². The summed E-state index contributed by atoms with van der Waals surface area (Å²) >= 11 is 0. The van der Waals surface area contributed by atoms with E-state index in [9.17, 15) is 0 Å². The Morgan fingerprint density at radius 1 is 1.37 bits per heavy atom. The Morgan fingerprint density at radius 3 is 3.11 bits per heavy atom. The van der Waals surface area contributed by atoms with E-state index >= 15 is 0 Å². The zero-order valence-corrected chi connectivity index (χ0v) is 11.0. The van der Waals surface area contributed by atoms with Crippen LogP contribution in [0.3, 0.4) is 0 Å². The molecule has 1 aliphatic rings. The zero-order chi connectivity index (χ0) is 13.1. The van der Waals surface area contributed by atoms with Gasteiger partial charge in [0.1, 0.15) is 0 Å². The summed E-state index contributed by atoms with van der Waals surface area (Å²) in [6.07, 6.45) is 7.43. The van der Waals surface area contributed by atoms with Crippen LogP contribution in [0.5, 0.6) is 5.88 Å². The van der Waals surface area contributed by atoms with Gasteiger partial charge in [-0.15, -0.1) is 0 Å². The van der Waals surface area contributed by atoms with Crippen molar-refractivity contribution in [2.75, 3.05) is 20.2 Å². The third-order valence-electron chi connectivity index (χ3n) is 3.45. The van der Waals surface area contributed by atoms with Gasteiger partial charge in [0.25, 0.3) is 0 Å². The van der Waals surface area contributed by atoms with Gasteiger partial charge in [-0.2, -0.15) is 0 Å². The third-order valence-corrected chi connectivity index (χ3v) is 3.45. The summed E-state index contributed by atoms with van der Waals surface area (Å²) in [4.78, 5) is 8.82. The molecule has 4 nitrogen and oxygen atoms in total. The number of fused-ring (bicyclic) bond motifs is 1. The topological polar surface area (TPSA) is 47.0 Å². The summed E-state index contributed by atoms with van der Waals surface area (Å²) in [5.41, 5.74) is 2.88. The molecule has 2 aromatic heterocycles. The Balaban J connectivity index is 1.97. The summed E-state index contributed by atoms with van der Waals surface area (Å²) in [7, 11) is 1.63. The molecule has 98 valence electrons. The molecule has 2 aromatic rings. The van der Waals surface area contributed by atoms with Gasteiger partial charge in [0.05, 0.1) is 18.1 Å². The Labute approximate surface area is 112 Å². The van der Waals surface area contributed by atoms with Crippen molar-refractivity contribution in [3.63, 3.8) is 0 Å². The van der Waals surface area contributed by atoms with Gasteiger partial charge in [0.2, 0.25) is 5.88 Å². The van der Waals surface area contributed by atoms with E-state index in [4.69, 9.17) is 4.74 Å². The molecule has 0 aliphatic carbocycles. The van der Waals surface area contributed by atoms with Crippen molar-refractivity contribution in [1.29, 1.82) is 0 Å². The lowest BCUT2D eigenvalue weighted by atomic mass is 10.1. The van der Waals surface area contributed by atoms with Crippen LogP contribution in [-0.4, -0.2) is 30.2 Å². The first-order chi connectivity index (χ1) is 9.36. The smallest absolute Gasteiger partial charge is 0.213 e. The van der Waals surface area contributed by atoms with Gasteiger partial charge in [0.15, 0.2) is 0 Å². The molecule has 3 heterocycles. The van der Waals surface area contributed by atoms with Crippen LogP contribution in [0.1, 0.15) is 12.0 Å². The van der Waals surface area contributed by atoms with Crippen LogP contribution in [0.15, 0.2) is 30.5 Å². The molecule has 1 aliphatic heterocycles. The zero-order valence-electron chi connectivity index (χ0n) is 11.0. The highest BCUT2D eigenvalue weighted by Crippen LogP contribution is 2.20. The Hall–Kier alpha value is -1.94. The van der Waals surface area contributed by atoms with Gasteiger partial charge >= 0.3 is 0 Å². The molecular formula is C15H17N3O. The van der Waals surface area contributed by atoms with Gasteiger partial charge in [-0.05, 0) is 31.0 Å². The molecule has 0 saturated carbocycles. The fourth-order valence-electron chi connectivity index (χ4n) is 2.36. The first-order valence-electron chi connectivity index (χ1n) is 6.55. The number of hydrogen-bond donors (Lipinski definition) is 1. The first kappa shape index (κ1) is 12.1. The average molecular weight is 255 g/mol. The fraction of sp³-hybridized carbons (Fsp3) is 0.333. The van der Waals surface area contributed by atoms with E-state index in [0.717, 1.165) is 29.7 Å². The molecule has 19 heavy (non-hydrogen) atoms. The monoisotopic (exact) mass is 255 g/mol. The number of ether oxygens (including phenoxy) is 1. The number of pyridine rings is 2. The molecule has 0 spiro atoms. The maximum absolute atomic E-state index is 5.18. The van der Waals surface area contributed by atoms with Crippen molar-refractivity contribution in [3.8, 4) is 5.88 Å². The predicted molar refractivity (Wildman–Crippen MR) is 76.1 cm³/mol. The molecule has 1 saturated heterocycles. The molecule has 1 fully saturated rings. The van der Waals surface area contributed by atoms with Crippen LogP contribution in [0.2, 0.25) is 0 Å². The minimum atomic E-state index is 0.619. The number of hydrogen-bond acceptors (Lipinski definition) is 4. The summed E-state index contributed by atoms with van der Waals surface area (Å²) in [6.45, 7) is 2.18. The third kappa shape index (κ3) is 2.58. The molecule has 0 amide bonds. The fourth-order valence-corrected chi connectivity index (χ4v) is 2.36. The van der Waals surface area contributed by atoms with E-state index in [-0.39, 0.29) is 0 Å². The van der Waals surface area contributed by atoms with Crippen LogP contribution >= 0.6 is 0 Å². The molecule has 4 heteroatoms. The Kier molecular flexibility index (Phi) is 3.42. The van der Waals surface area contributed by atoms with Gasteiger partial charge in [-0.1, -0.05) is 12.2 Å². The second-order valence-corrected chi connectivity index (χ2v) is 4.73. The van der Waals surface area contributed by atoms with E-state index in [1.165, 1.54) is 6.42 Å².